The summed E-state index contributed by atoms with van der Waals surface area (Å²) in [5, 5.41) is 6.59. The first-order chi connectivity index (χ1) is 6.60. The summed E-state index contributed by atoms with van der Waals surface area (Å²) in [4.78, 5) is 4.67. The molecule has 4 heteroatoms. The topological polar surface area (TPSA) is 24.9 Å². The Morgan fingerprint density at radius 1 is 1.47 bits per heavy atom. The summed E-state index contributed by atoms with van der Waals surface area (Å²) in [6.45, 7) is 7.74. The van der Waals surface area contributed by atoms with Crippen molar-refractivity contribution in [2.45, 2.75) is 39.0 Å². The molecule has 0 atom stereocenters. The van der Waals surface area contributed by atoms with Gasteiger partial charge in [-0.3, -0.25) is 0 Å². The summed E-state index contributed by atoms with van der Waals surface area (Å²) < 4.78 is 0. The minimum Gasteiger partial charge on any atom is -0.319 e. The summed E-state index contributed by atoms with van der Waals surface area (Å²) in [7, 11) is 1.98. The van der Waals surface area contributed by atoms with Crippen LogP contribution in [0.1, 0.15) is 37.9 Å². The Balaban J connectivity index is 0.00000196. The summed E-state index contributed by atoms with van der Waals surface area (Å²) in [5.41, 5.74) is 1.48. The zero-order valence-electron chi connectivity index (χ0n) is 9.96. The molecule has 0 aliphatic heterocycles. The lowest BCUT2D eigenvalue weighted by molar-refractivity contribution is 0.492. The van der Waals surface area contributed by atoms with Gasteiger partial charge in [-0.2, -0.15) is 0 Å². The zero-order valence-corrected chi connectivity index (χ0v) is 11.6. The average molecular weight is 249 g/mol. The molecule has 15 heavy (non-hydrogen) atoms. The molecule has 0 unspecified atom stereocenters. The van der Waals surface area contributed by atoms with Crippen LogP contribution in [0.3, 0.4) is 0 Å². The van der Waals surface area contributed by atoms with Crippen LogP contribution < -0.4 is 5.32 Å². The number of likely N-dealkylation sites (N-methyl/N-ethyl adjacent to an activating group) is 1. The van der Waals surface area contributed by atoms with Crippen LogP contribution in [0.25, 0.3) is 0 Å². The highest BCUT2D eigenvalue weighted by molar-refractivity contribution is 7.09. The van der Waals surface area contributed by atoms with E-state index >= 15 is 0 Å². The van der Waals surface area contributed by atoms with Crippen molar-refractivity contribution in [2.24, 2.45) is 0 Å². The van der Waals surface area contributed by atoms with Gasteiger partial charge in [0, 0.05) is 23.8 Å². The molecule has 0 fully saturated rings. The van der Waals surface area contributed by atoms with Crippen LogP contribution in [-0.4, -0.2) is 18.6 Å². The maximum atomic E-state index is 4.67. The molecule has 1 rings (SSSR count). The van der Waals surface area contributed by atoms with Crippen LogP contribution in [0.15, 0.2) is 5.38 Å². The molecule has 0 amide bonds. The van der Waals surface area contributed by atoms with Gasteiger partial charge in [0.05, 0.1) is 10.7 Å². The summed E-state index contributed by atoms with van der Waals surface area (Å²) >= 11 is 1.78. The predicted molar refractivity (Wildman–Crippen MR) is 70.3 cm³/mol. The fraction of sp³-hybridized carbons (Fsp3) is 0.727. The van der Waals surface area contributed by atoms with E-state index in [0.717, 1.165) is 19.4 Å². The molecule has 1 aromatic heterocycles. The number of aromatic nitrogens is 1. The van der Waals surface area contributed by atoms with Crippen molar-refractivity contribution in [2.75, 3.05) is 13.6 Å². The van der Waals surface area contributed by atoms with Gasteiger partial charge in [-0.05, 0) is 13.5 Å². The zero-order chi connectivity index (χ0) is 10.6. The SMILES string of the molecule is CCC(C)(C)c1csc(CCNC)n1.Cl. The van der Waals surface area contributed by atoms with Crippen molar-refractivity contribution in [1.29, 1.82) is 0 Å². The van der Waals surface area contributed by atoms with Gasteiger partial charge in [0.2, 0.25) is 0 Å². The molecule has 0 saturated carbocycles. The van der Waals surface area contributed by atoms with Crippen LogP contribution in [-0.2, 0) is 11.8 Å². The minimum absolute atomic E-state index is 0. The number of nitrogens with zero attached hydrogens (tertiary/aromatic N) is 1. The fourth-order valence-corrected chi connectivity index (χ4v) is 2.14. The maximum absolute atomic E-state index is 4.67. The molecule has 0 bridgehead atoms. The van der Waals surface area contributed by atoms with Gasteiger partial charge >= 0.3 is 0 Å². The molecule has 2 nitrogen and oxygen atoms in total. The highest BCUT2D eigenvalue weighted by Crippen LogP contribution is 2.27. The second kappa shape index (κ2) is 6.46. The third-order valence-corrected chi connectivity index (χ3v) is 3.63. The van der Waals surface area contributed by atoms with E-state index < -0.39 is 0 Å². The van der Waals surface area contributed by atoms with Crippen LogP contribution in [0.5, 0.6) is 0 Å². The average Bonchev–Trinajstić information content (AvgIpc) is 2.63. The molecule has 0 aromatic carbocycles. The van der Waals surface area contributed by atoms with Crippen molar-refractivity contribution in [3.63, 3.8) is 0 Å². The largest absolute Gasteiger partial charge is 0.319 e. The van der Waals surface area contributed by atoms with E-state index in [9.17, 15) is 0 Å². The van der Waals surface area contributed by atoms with Gasteiger partial charge in [0.15, 0.2) is 0 Å². The monoisotopic (exact) mass is 248 g/mol. The van der Waals surface area contributed by atoms with Gasteiger partial charge in [0.1, 0.15) is 0 Å². The number of hydrogen-bond acceptors (Lipinski definition) is 3. The number of nitrogens with one attached hydrogen (secondary N) is 1. The number of hydrogen-bond donors (Lipinski definition) is 1. The summed E-state index contributed by atoms with van der Waals surface area (Å²) in [6, 6.07) is 0. The molecular weight excluding hydrogens is 228 g/mol. The van der Waals surface area contributed by atoms with Gasteiger partial charge in [0.25, 0.3) is 0 Å². The van der Waals surface area contributed by atoms with Crippen LogP contribution >= 0.6 is 23.7 Å². The highest BCUT2D eigenvalue weighted by atomic mass is 35.5. The normalized spacial score (nSPS) is 11.2. The molecule has 0 saturated heterocycles. The quantitative estimate of drug-likeness (QED) is 0.867. The van der Waals surface area contributed by atoms with E-state index in [1.165, 1.54) is 10.7 Å². The van der Waals surface area contributed by atoms with Gasteiger partial charge in [-0.25, -0.2) is 4.98 Å². The Hall–Kier alpha value is -0.120. The predicted octanol–water partition coefficient (Wildman–Crippen LogP) is 3.01. The van der Waals surface area contributed by atoms with E-state index in [1.807, 2.05) is 7.05 Å². The Morgan fingerprint density at radius 2 is 2.13 bits per heavy atom. The molecule has 1 N–H and O–H groups in total. The van der Waals surface area contributed by atoms with Gasteiger partial charge in [-0.15, -0.1) is 23.7 Å². The first-order valence-corrected chi connectivity index (χ1v) is 6.07. The lowest BCUT2D eigenvalue weighted by Crippen LogP contribution is -2.16. The van der Waals surface area contributed by atoms with E-state index in [0.29, 0.717) is 0 Å². The van der Waals surface area contributed by atoms with E-state index in [-0.39, 0.29) is 17.8 Å². The van der Waals surface area contributed by atoms with Crippen LogP contribution in [0, 0.1) is 0 Å². The van der Waals surface area contributed by atoms with Crippen molar-refractivity contribution < 1.29 is 0 Å². The molecule has 0 spiro atoms. The molecule has 1 heterocycles. The van der Waals surface area contributed by atoms with Gasteiger partial charge < -0.3 is 5.32 Å². The first-order valence-electron chi connectivity index (χ1n) is 5.19. The Morgan fingerprint density at radius 3 is 2.67 bits per heavy atom. The molecule has 0 aliphatic rings. The van der Waals surface area contributed by atoms with E-state index in [1.54, 1.807) is 11.3 Å². The molecular formula is C11H21ClN2S. The second-order valence-electron chi connectivity index (χ2n) is 4.22. The lowest BCUT2D eigenvalue weighted by atomic mass is 9.87. The number of halogens is 1. The van der Waals surface area contributed by atoms with Crippen molar-refractivity contribution >= 4 is 23.7 Å². The van der Waals surface area contributed by atoms with Crippen molar-refractivity contribution in [3.8, 4) is 0 Å². The highest BCUT2D eigenvalue weighted by Gasteiger charge is 2.20. The minimum atomic E-state index is 0. The molecule has 88 valence electrons. The van der Waals surface area contributed by atoms with Crippen molar-refractivity contribution in [3.05, 3.63) is 16.1 Å². The van der Waals surface area contributed by atoms with Gasteiger partial charge in [-0.1, -0.05) is 20.8 Å². The lowest BCUT2D eigenvalue weighted by Gasteiger charge is -2.19. The molecule has 0 aliphatic carbocycles. The molecule has 0 radical (unpaired) electrons. The third kappa shape index (κ3) is 4.09. The number of thiazole rings is 1. The smallest absolute Gasteiger partial charge is 0.0941 e. The number of rotatable bonds is 5. The fourth-order valence-electron chi connectivity index (χ4n) is 1.15. The van der Waals surface area contributed by atoms with Crippen molar-refractivity contribution in [1.82, 2.24) is 10.3 Å². The van der Waals surface area contributed by atoms with Crippen LogP contribution in [0.4, 0.5) is 0 Å². The third-order valence-electron chi connectivity index (χ3n) is 2.72. The Labute approximate surface area is 103 Å². The summed E-state index contributed by atoms with van der Waals surface area (Å²) in [5.74, 6) is 0. The van der Waals surface area contributed by atoms with E-state index in [4.69, 9.17) is 0 Å². The Kier molecular flexibility index (Phi) is 6.41. The first kappa shape index (κ1) is 14.9. The summed E-state index contributed by atoms with van der Waals surface area (Å²) in [6.07, 6.45) is 2.18. The van der Waals surface area contributed by atoms with E-state index in [2.05, 4.69) is 36.5 Å². The Bertz CT molecular complexity index is 284. The molecule has 1 aromatic rings. The standard InChI is InChI=1S/C11H20N2S.ClH/c1-5-11(2,3)9-8-14-10(13-9)6-7-12-4;/h8,12H,5-7H2,1-4H3;1H. The maximum Gasteiger partial charge on any atom is 0.0941 e. The second-order valence-corrected chi connectivity index (χ2v) is 5.16. The van der Waals surface area contributed by atoms with Crippen LogP contribution in [0.2, 0.25) is 0 Å².